The van der Waals surface area contributed by atoms with Crippen LogP contribution in [0.4, 0.5) is 5.69 Å². The van der Waals surface area contributed by atoms with Gasteiger partial charge in [-0.3, -0.25) is 0 Å². The average molecular weight is 547 g/mol. The van der Waals surface area contributed by atoms with Gasteiger partial charge in [-0.05, 0) is 17.2 Å². The Morgan fingerprint density at radius 1 is 0.929 bits per heavy atom. The van der Waals surface area contributed by atoms with Gasteiger partial charge in [-0.1, -0.05) is 60.7 Å². The van der Waals surface area contributed by atoms with Crippen LogP contribution in [-0.2, 0) is 30.0 Å². The predicted octanol–water partition coefficient (Wildman–Crippen LogP) is 4.12. The van der Waals surface area contributed by atoms with Crippen molar-refractivity contribution < 1.29 is 39.5 Å². The van der Waals surface area contributed by atoms with Gasteiger partial charge in [0.1, 0.15) is 11.9 Å². The second-order valence-corrected chi connectivity index (χ2v) is 5.75. The number of carbonyl (C=O) groups is 1. The fraction of sp³-hybridized carbons (Fsp3) is 0.0909. The van der Waals surface area contributed by atoms with Crippen LogP contribution < -0.4 is 10.1 Å². The molecule has 3 rings (SSSR count). The molecule has 1 amide bonds. The summed E-state index contributed by atoms with van der Waals surface area (Å²) in [4.78, 5) is 22.8. The van der Waals surface area contributed by atoms with Crippen LogP contribution in [0.25, 0.3) is 0 Å². The molecule has 0 heterocycles. The summed E-state index contributed by atoms with van der Waals surface area (Å²) in [5.74, 6) is -0.199. The van der Waals surface area contributed by atoms with E-state index in [2.05, 4.69) is 5.32 Å². The Morgan fingerprint density at radius 2 is 1.50 bits per heavy atom. The Hall–Kier alpha value is -2.94. The van der Waals surface area contributed by atoms with Crippen LogP contribution >= 0.6 is 0 Å². The zero-order valence-electron chi connectivity index (χ0n) is 15.1. The maximum atomic E-state index is 12.2. The predicted molar refractivity (Wildman–Crippen MR) is 102 cm³/mol. The number of nitrogens with one attached hydrogen (secondary N) is 1. The molecule has 28 heavy (non-hydrogen) atoms. The molecule has 0 saturated heterocycles. The quantitative estimate of drug-likeness (QED) is 0.275. The molecule has 0 saturated carbocycles. The van der Waals surface area contributed by atoms with Crippen LogP contribution in [0.3, 0.4) is 0 Å². The largest absolute Gasteiger partial charge is 0.490 e. The fourth-order valence-electron chi connectivity index (χ4n) is 2.75. The topological polar surface area (TPSA) is 64.6 Å². The van der Waals surface area contributed by atoms with E-state index in [9.17, 15) is 9.59 Å². The normalized spacial score (nSPS) is 9.93. The third-order valence-corrected chi connectivity index (χ3v) is 4.03. The van der Waals surface area contributed by atoms with Gasteiger partial charge >= 0.3 is 5.97 Å². The van der Waals surface area contributed by atoms with Crippen molar-refractivity contribution in [2.75, 3.05) is 12.4 Å². The van der Waals surface area contributed by atoms with E-state index >= 15 is 0 Å². The second kappa shape index (κ2) is 10.4. The molecule has 0 aromatic heterocycles. The first-order valence-corrected chi connectivity index (χ1v) is 8.35. The number of ether oxygens (including phenoxy) is 2. The molecule has 5 nitrogen and oxygen atoms in total. The molecule has 3 aromatic rings. The first-order chi connectivity index (χ1) is 13.2. The summed E-state index contributed by atoms with van der Waals surface area (Å²) in [6.07, 6.45) is 1.18. The molecule has 0 bridgehead atoms. The van der Waals surface area contributed by atoms with Gasteiger partial charge in [0.05, 0.1) is 19.1 Å². The third kappa shape index (κ3) is 5.07. The number of rotatable bonds is 7. The maximum Gasteiger partial charge on any atom is 0.340 e. The molecular weight excluding hydrogens is 528 g/mol. The Bertz CT molecular complexity index is 877. The van der Waals surface area contributed by atoms with Crippen molar-refractivity contribution in [1.82, 2.24) is 0 Å². The zero-order valence-corrected chi connectivity index (χ0v) is 17.8. The second-order valence-electron chi connectivity index (χ2n) is 5.75. The van der Waals surface area contributed by atoms with Crippen LogP contribution in [0.1, 0.15) is 27.6 Å². The number of esters is 1. The van der Waals surface area contributed by atoms with Crippen LogP contribution in [0, 0.1) is 0 Å². The summed E-state index contributed by atoms with van der Waals surface area (Å²) in [7, 11) is 1.30. The number of hydrogen-bond donors (Lipinski definition) is 1. The number of benzene rings is 3. The molecule has 0 unspecified atom stereocenters. The van der Waals surface area contributed by atoms with Crippen molar-refractivity contribution in [1.29, 1.82) is 0 Å². The Kier molecular flexibility index (Phi) is 7.94. The molecule has 0 aliphatic carbocycles. The maximum absolute atomic E-state index is 12.2. The minimum atomic E-state index is -0.556. The molecule has 143 valence electrons. The third-order valence-electron chi connectivity index (χ3n) is 4.03. The van der Waals surface area contributed by atoms with E-state index in [0.29, 0.717) is 11.4 Å². The monoisotopic (exact) mass is 547 g/mol. The Labute approximate surface area is 177 Å². The van der Waals surface area contributed by atoms with Gasteiger partial charge < -0.3 is 19.6 Å². The summed E-state index contributed by atoms with van der Waals surface area (Å²) < 4.78 is 11.1. The van der Waals surface area contributed by atoms with E-state index in [-0.39, 0.29) is 26.0 Å². The summed E-state index contributed by atoms with van der Waals surface area (Å²) in [6.45, 7) is 0. The van der Waals surface area contributed by atoms with Gasteiger partial charge in [0.25, 0.3) is 0 Å². The Balaban J connectivity index is 0.00000280. The first-order valence-electron chi connectivity index (χ1n) is 8.35. The SMILES string of the molecule is COC(=O)c1cc(N[C-]=O)ccc1OC(c1ccccc1)c1ccccc1.[Re]. The van der Waals surface area contributed by atoms with Gasteiger partial charge in [-0.2, -0.15) is 0 Å². The van der Waals surface area contributed by atoms with E-state index in [4.69, 9.17) is 9.47 Å². The summed E-state index contributed by atoms with van der Waals surface area (Å²) in [6, 6.07) is 24.2. The van der Waals surface area contributed by atoms with Gasteiger partial charge in [0.15, 0.2) is 0 Å². The molecule has 0 aliphatic rings. The molecular formula is C22H18NO4Re-. The number of anilines is 1. The van der Waals surface area contributed by atoms with Crippen molar-refractivity contribution in [2.45, 2.75) is 6.10 Å². The van der Waals surface area contributed by atoms with Crippen molar-refractivity contribution >= 4 is 18.1 Å². The standard InChI is InChI=1S/C22H18NO4.Re/c1-26-22(25)19-14-18(23-15-24)12-13-20(19)27-21(16-8-4-2-5-9-16)17-10-6-3-7-11-17;/h2-14,21H,1H3,(H,23,24);/q-1;. The van der Waals surface area contributed by atoms with E-state index in [1.165, 1.54) is 13.2 Å². The minimum Gasteiger partial charge on any atom is -0.490 e. The molecule has 0 fully saturated rings. The first kappa shape index (κ1) is 21.4. The molecule has 0 aliphatic heterocycles. The minimum absolute atomic E-state index is 0. The molecule has 1 radical (unpaired) electrons. The summed E-state index contributed by atoms with van der Waals surface area (Å²) in [5.41, 5.74) is 2.54. The van der Waals surface area contributed by atoms with E-state index in [1.807, 2.05) is 60.7 Å². The van der Waals surface area contributed by atoms with Crippen LogP contribution in [0.15, 0.2) is 78.9 Å². The van der Waals surface area contributed by atoms with Crippen molar-refractivity contribution in [3.8, 4) is 5.75 Å². The van der Waals surface area contributed by atoms with E-state index < -0.39 is 12.1 Å². The zero-order chi connectivity index (χ0) is 19.1. The van der Waals surface area contributed by atoms with Crippen LogP contribution in [-0.4, -0.2) is 19.5 Å². The van der Waals surface area contributed by atoms with Gasteiger partial charge in [-0.15, -0.1) is 17.8 Å². The van der Waals surface area contributed by atoms with E-state index in [1.54, 1.807) is 18.5 Å². The molecule has 3 aromatic carbocycles. The van der Waals surface area contributed by atoms with Crippen molar-refractivity contribution in [3.05, 3.63) is 95.6 Å². The summed E-state index contributed by atoms with van der Waals surface area (Å²) >= 11 is 0. The number of carbonyl (C=O) groups excluding carboxylic acids is 2. The molecule has 1 N–H and O–H groups in total. The Morgan fingerprint density at radius 3 is 2.00 bits per heavy atom. The molecule has 0 spiro atoms. The van der Waals surface area contributed by atoms with Crippen molar-refractivity contribution in [3.63, 3.8) is 0 Å². The fourth-order valence-corrected chi connectivity index (χ4v) is 2.75. The van der Waals surface area contributed by atoms with Crippen LogP contribution in [0.5, 0.6) is 5.75 Å². The smallest absolute Gasteiger partial charge is 0.340 e. The number of methoxy groups -OCH3 is 1. The summed E-state index contributed by atoms with van der Waals surface area (Å²) in [5, 5.41) is 2.40. The number of amides is 1. The molecule has 6 heteroatoms. The van der Waals surface area contributed by atoms with Gasteiger partial charge in [0.2, 0.25) is 0 Å². The van der Waals surface area contributed by atoms with E-state index in [0.717, 1.165) is 11.1 Å². The number of hydrogen-bond acceptors (Lipinski definition) is 4. The van der Waals surface area contributed by atoms with Gasteiger partial charge in [-0.25, -0.2) is 4.79 Å². The van der Waals surface area contributed by atoms with Crippen molar-refractivity contribution in [2.24, 2.45) is 0 Å². The average Bonchev–Trinajstić information content (AvgIpc) is 2.73. The molecule has 0 atom stereocenters. The van der Waals surface area contributed by atoms with Gasteiger partial charge in [0, 0.05) is 20.4 Å². The van der Waals surface area contributed by atoms with Crippen LogP contribution in [0.2, 0.25) is 0 Å².